The summed E-state index contributed by atoms with van der Waals surface area (Å²) < 4.78 is 0. The van der Waals surface area contributed by atoms with Gasteiger partial charge in [-0.15, -0.1) is 11.3 Å². The van der Waals surface area contributed by atoms with Crippen LogP contribution in [0, 0.1) is 6.92 Å². The second-order valence-electron chi connectivity index (χ2n) is 5.05. The van der Waals surface area contributed by atoms with Gasteiger partial charge in [0, 0.05) is 6.42 Å². The maximum absolute atomic E-state index is 11.8. The molecule has 5 nitrogen and oxygen atoms in total. The van der Waals surface area contributed by atoms with E-state index in [0.29, 0.717) is 18.1 Å². The van der Waals surface area contributed by atoms with E-state index >= 15 is 0 Å². The number of benzene rings is 1. The minimum Gasteiger partial charge on any atom is -0.368 e. The highest BCUT2D eigenvalue weighted by molar-refractivity contribution is 7.16. The number of carbonyl (C=O) groups excluding carboxylic acids is 1. The molecule has 6 heteroatoms. The number of thiophene rings is 1. The maximum atomic E-state index is 11.8. The second kappa shape index (κ2) is 6.11. The van der Waals surface area contributed by atoms with Gasteiger partial charge in [0.05, 0.1) is 5.39 Å². The van der Waals surface area contributed by atoms with Gasteiger partial charge in [0.1, 0.15) is 22.5 Å². The number of primary amides is 1. The molecule has 22 heavy (non-hydrogen) atoms. The fourth-order valence-electron chi connectivity index (χ4n) is 2.31. The Labute approximate surface area is 132 Å². The van der Waals surface area contributed by atoms with Gasteiger partial charge in [-0.3, -0.25) is 4.79 Å². The number of nitrogens with two attached hydrogens (primary N) is 1. The van der Waals surface area contributed by atoms with Crippen LogP contribution in [0.2, 0.25) is 0 Å². The molecule has 0 bridgehead atoms. The van der Waals surface area contributed by atoms with Crippen LogP contribution in [0.15, 0.2) is 41.8 Å². The Bertz CT molecular complexity index is 800. The van der Waals surface area contributed by atoms with E-state index in [2.05, 4.69) is 15.3 Å². The Kier molecular flexibility index (Phi) is 4.02. The number of nitrogens with one attached hydrogen (secondary N) is 1. The zero-order chi connectivity index (χ0) is 15.5. The number of aromatic nitrogens is 2. The van der Waals surface area contributed by atoms with E-state index < -0.39 is 11.9 Å². The number of hydrogen-bond acceptors (Lipinski definition) is 5. The zero-order valence-corrected chi connectivity index (χ0v) is 12.9. The zero-order valence-electron chi connectivity index (χ0n) is 12.1. The highest BCUT2D eigenvalue weighted by atomic mass is 32.1. The smallest absolute Gasteiger partial charge is 0.240 e. The molecular formula is C16H16N4OS. The summed E-state index contributed by atoms with van der Waals surface area (Å²) in [6.07, 6.45) is 0.519. The number of carbonyl (C=O) groups is 1. The number of rotatable bonds is 5. The Morgan fingerprint density at radius 1 is 1.27 bits per heavy atom. The molecule has 0 radical (unpaired) electrons. The molecule has 0 spiro atoms. The van der Waals surface area contributed by atoms with Crippen molar-refractivity contribution in [2.75, 3.05) is 5.32 Å². The van der Waals surface area contributed by atoms with Crippen molar-refractivity contribution in [2.24, 2.45) is 5.73 Å². The van der Waals surface area contributed by atoms with Crippen molar-refractivity contribution in [3.8, 4) is 0 Å². The van der Waals surface area contributed by atoms with E-state index in [1.807, 2.05) is 48.7 Å². The third-order valence-corrected chi connectivity index (χ3v) is 4.18. The van der Waals surface area contributed by atoms with Crippen LogP contribution in [0.4, 0.5) is 5.82 Å². The number of anilines is 1. The highest BCUT2D eigenvalue weighted by Gasteiger charge is 2.18. The Morgan fingerprint density at radius 2 is 2.05 bits per heavy atom. The van der Waals surface area contributed by atoms with Gasteiger partial charge in [-0.2, -0.15) is 0 Å². The molecule has 112 valence electrons. The molecule has 1 atom stereocenters. The van der Waals surface area contributed by atoms with Crippen molar-refractivity contribution in [1.29, 1.82) is 0 Å². The Hall–Kier alpha value is -2.47. The number of hydrogen-bond donors (Lipinski definition) is 2. The van der Waals surface area contributed by atoms with E-state index in [1.165, 1.54) is 0 Å². The summed E-state index contributed by atoms with van der Waals surface area (Å²) in [5.74, 6) is 0.923. The third kappa shape index (κ3) is 3.07. The molecule has 1 aromatic carbocycles. The number of fused-ring (bicyclic) bond motifs is 1. The minimum absolute atomic E-state index is 0.400. The number of aryl methyl sites for hydroxylation is 1. The summed E-state index contributed by atoms with van der Waals surface area (Å²) in [5.41, 5.74) is 6.59. The first-order chi connectivity index (χ1) is 10.6. The number of amides is 1. The first-order valence-corrected chi connectivity index (χ1v) is 7.83. The fourth-order valence-corrected chi connectivity index (χ4v) is 3.12. The molecule has 3 N–H and O–H groups in total. The van der Waals surface area contributed by atoms with Crippen LogP contribution < -0.4 is 11.1 Å². The quantitative estimate of drug-likeness (QED) is 0.758. The van der Waals surface area contributed by atoms with Crippen LogP contribution >= 0.6 is 11.3 Å². The van der Waals surface area contributed by atoms with Gasteiger partial charge in [0.25, 0.3) is 0 Å². The third-order valence-electron chi connectivity index (χ3n) is 3.37. The number of nitrogens with zero attached hydrogens (tertiary/aromatic N) is 2. The molecule has 0 unspecified atom stereocenters. The Morgan fingerprint density at radius 3 is 2.77 bits per heavy atom. The molecule has 3 aromatic rings. The summed E-state index contributed by atoms with van der Waals surface area (Å²) in [4.78, 5) is 21.5. The molecule has 1 amide bonds. The van der Waals surface area contributed by atoms with E-state index in [0.717, 1.165) is 15.8 Å². The summed E-state index contributed by atoms with van der Waals surface area (Å²) in [5, 5.41) is 6.05. The monoisotopic (exact) mass is 312 g/mol. The predicted octanol–water partition coefficient (Wildman–Crippen LogP) is 2.51. The normalized spacial score (nSPS) is 12.2. The molecule has 3 rings (SSSR count). The fraction of sp³-hybridized carbons (Fsp3) is 0.188. The van der Waals surface area contributed by atoms with Crippen LogP contribution in [0.1, 0.15) is 11.4 Å². The molecule has 0 aliphatic carbocycles. The summed E-state index contributed by atoms with van der Waals surface area (Å²) in [6, 6.07) is 11.2. The average Bonchev–Trinajstić information content (AvgIpc) is 2.95. The molecule has 0 saturated carbocycles. The van der Waals surface area contributed by atoms with Crippen molar-refractivity contribution in [1.82, 2.24) is 9.97 Å². The van der Waals surface area contributed by atoms with Gasteiger partial charge in [-0.1, -0.05) is 30.3 Å². The van der Waals surface area contributed by atoms with Gasteiger partial charge in [-0.05, 0) is 23.9 Å². The Balaban J connectivity index is 1.90. The van der Waals surface area contributed by atoms with E-state index in [-0.39, 0.29) is 0 Å². The molecule has 0 aliphatic heterocycles. The summed E-state index contributed by atoms with van der Waals surface area (Å²) >= 11 is 1.55. The highest BCUT2D eigenvalue weighted by Crippen LogP contribution is 2.25. The lowest BCUT2D eigenvalue weighted by atomic mass is 10.1. The standard InChI is InChI=1S/C16H16N4OS/c1-10-18-15(12-7-8-22-16(12)19-10)20-13(14(17)21)9-11-5-3-2-4-6-11/h2-8,13H,9H2,1H3,(H2,17,21)(H,18,19,20)/t13-/m0/s1. The summed E-state index contributed by atoms with van der Waals surface area (Å²) in [7, 11) is 0. The van der Waals surface area contributed by atoms with Crippen LogP contribution in [-0.2, 0) is 11.2 Å². The maximum Gasteiger partial charge on any atom is 0.240 e. The van der Waals surface area contributed by atoms with Crippen molar-refractivity contribution >= 4 is 33.3 Å². The lowest BCUT2D eigenvalue weighted by Gasteiger charge is -2.17. The van der Waals surface area contributed by atoms with Crippen LogP contribution in [0.3, 0.4) is 0 Å². The van der Waals surface area contributed by atoms with Crippen molar-refractivity contribution in [3.05, 3.63) is 53.2 Å². The average molecular weight is 312 g/mol. The van der Waals surface area contributed by atoms with Gasteiger partial charge < -0.3 is 11.1 Å². The van der Waals surface area contributed by atoms with Crippen molar-refractivity contribution in [3.63, 3.8) is 0 Å². The van der Waals surface area contributed by atoms with Gasteiger partial charge in [0.15, 0.2) is 0 Å². The first kappa shape index (κ1) is 14.5. The van der Waals surface area contributed by atoms with E-state index in [9.17, 15) is 4.79 Å². The largest absolute Gasteiger partial charge is 0.368 e. The van der Waals surface area contributed by atoms with Crippen LogP contribution in [0.25, 0.3) is 10.2 Å². The minimum atomic E-state index is -0.514. The molecule has 0 aliphatic rings. The molecule has 2 heterocycles. The van der Waals surface area contributed by atoms with Crippen molar-refractivity contribution in [2.45, 2.75) is 19.4 Å². The van der Waals surface area contributed by atoms with E-state index in [4.69, 9.17) is 5.73 Å². The van der Waals surface area contributed by atoms with Gasteiger partial charge in [-0.25, -0.2) is 9.97 Å². The van der Waals surface area contributed by atoms with E-state index in [1.54, 1.807) is 11.3 Å². The van der Waals surface area contributed by atoms with Gasteiger partial charge in [0.2, 0.25) is 5.91 Å². The lowest BCUT2D eigenvalue weighted by Crippen LogP contribution is -2.37. The van der Waals surface area contributed by atoms with Crippen LogP contribution in [-0.4, -0.2) is 21.9 Å². The molecule has 0 fully saturated rings. The van der Waals surface area contributed by atoms with Gasteiger partial charge >= 0.3 is 0 Å². The SMILES string of the molecule is Cc1nc(N[C@@H](Cc2ccccc2)C(N)=O)c2ccsc2n1. The summed E-state index contributed by atoms with van der Waals surface area (Å²) in [6.45, 7) is 1.83. The first-order valence-electron chi connectivity index (χ1n) is 6.95. The van der Waals surface area contributed by atoms with Crippen molar-refractivity contribution < 1.29 is 4.79 Å². The predicted molar refractivity (Wildman–Crippen MR) is 88.9 cm³/mol. The molecule has 0 saturated heterocycles. The topological polar surface area (TPSA) is 80.9 Å². The second-order valence-corrected chi connectivity index (χ2v) is 5.94. The van der Waals surface area contributed by atoms with Crippen LogP contribution in [0.5, 0.6) is 0 Å². The molecular weight excluding hydrogens is 296 g/mol. The molecule has 2 aromatic heterocycles. The lowest BCUT2D eigenvalue weighted by molar-refractivity contribution is -0.118.